The van der Waals surface area contributed by atoms with E-state index in [0.717, 1.165) is 25.7 Å². The molecule has 2 atom stereocenters. The minimum Gasteiger partial charge on any atom is -0.748 e. The average Bonchev–Trinajstić information content (AvgIpc) is 2.01. The van der Waals surface area contributed by atoms with E-state index in [2.05, 4.69) is 0 Å². The molecule has 86 valence electrons. The third-order valence-corrected chi connectivity index (χ3v) is 3.45. The Morgan fingerprint density at radius 1 is 1.13 bits per heavy atom. The van der Waals surface area contributed by atoms with Crippen molar-refractivity contribution >= 4 is 10.1 Å². The van der Waals surface area contributed by atoms with Crippen molar-refractivity contribution in [2.24, 2.45) is 0 Å². The molecule has 0 aromatic heterocycles. The molecule has 0 aliphatic carbocycles. The first-order valence-corrected chi connectivity index (χ1v) is 6.44. The van der Waals surface area contributed by atoms with Gasteiger partial charge in [0.05, 0.1) is 16.2 Å². The van der Waals surface area contributed by atoms with E-state index in [1.807, 2.05) is 0 Å². The fraction of sp³-hybridized carbons (Fsp3) is 1.00. The van der Waals surface area contributed by atoms with Crippen LogP contribution in [0.25, 0.3) is 0 Å². The van der Waals surface area contributed by atoms with E-state index in [1.54, 1.807) is 6.92 Å². The van der Waals surface area contributed by atoms with E-state index < -0.39 is 15.4 Å². The van der Waals surface area contributed by atoms with Crippen LogP contribution in [-0.2, 0) is 10.1 Å². The predicted octanol–water partition coefficient (Wildman–Crippen LogP) is -1.74. The molecule has 0 aromatic rings. The normalized spacial score (nSPS) is 15.5. The quantitative estimate of drug-likeness (QED) is 0.335. The first-order valence-electron chi connectivity index (χ1n) is 4.97. The van der Waals surface area contributed by atoms with Crippen LogP contribution in [0, 0.1) is 0 Å². The largest absolute Gasteiger partial charge is 1.00 e. The molecule has 0 aromatic carbocycles. The van der Waals surface area contributed by atoms with Gasteiger partial charge in [-0.25, -0.2) is 8.42 Å². The van der Waals surface area contributed by atoms with Gasteiger partial charge in [-0.2, -0.15) is 0 Å². The van der Waals surface area contributed by atoms with Crippen molar-refractivity contribution in [3.63, 3.8) is 0 Å². The summed E-state index contributed by atoms with van der Waals surface area (Å²) in [6, 6.07) is 0. The summed E-state index contributed by atoms with van der Waals surface area (Å²) in [7, 11) is -4.11. The van der Waals surface area contributed by atoms with Crippen LogP contribution in [0.4, 0.5) is 0 Å². The Bertz CT molecular complexity index is 238. The van der Waals surface area contributed by atoms with Gasteiger partial charge >= 0.3 is 51.4 Å². The van der Waals surface area contributed by atoms with Gasteiger partial charge in [0, 0.05) is 5.25 Å². The standard InChI is InChI=1S/C9H20O4S.K/c1-8(10)6-4-3-5-7-9(2)14(11,12)13;/h8-10H,3-7H2,1-2H3,(H,11,12,13);/q;+1/p-1. The van der Waals surface area contributed by atoms with Crippen LogP contribution in [0.5, 0.6) is 0 Å². The third-order valence-electron chi connectivity index (χ3n) is 2.23. The zero-order chi connectivity index (χ0) is 11.2. The second-order valence-corrected chi connectivity index (χ2v) is 5.58. The van der Waals surface area contributed by atoms with Crippen molar-refractivity contribution in [3.05, 3.63) is 0 Å². The van der Waals surface area contributed by atoms with Gasteiger partial charge in [0.2, 0.25) is 0 Å². The van der Waals surface area contributed by atoms with Crippen molar-refractivity contribution in [1.29, 1.82) is 0 Å². The molecule has 0 aliphatic rings. The summed E-state index contributed by atoms with van der Waals surface area (Å²) in [5.74, 6) is 0. The van der Waals surface area contributed by atoms with Crippen molar-refractivity contribution in [2.45, 2.75) is 57.3 Å². The van der Waals surface area contributed by atoms with Crippen molar-refractivity contribution in [1.82, 2.24) is 0 Å². The van der Waals surface area contributed by atoms with E-state index in [0.29, 0.717) is 6.42 Å². The number of unbranched alkanes of at least 4 members (excludes halogenated alkanes) is 2. The van der Waals surface area contributed by atoms with Crippen LogP contribution in [-0.4, -0.2) is 29.4 Å². The number of aliphatic hydroxyl groups is 1. The summed E-state index contributed by atoms with van der Waals surface area (Å²) >= 11 is 0. The Hall–Kier alpha value is 1.51. The van der Waals surface area contributed by atoms with Crippen LogP contribution in [0.2, 0.25) is 0 Å². The van der Waals surface area contributed by atoms with E-state index >= 15 is 0 Å². The van der Waals surface area contributed by atoms with Crippen LogP contribution in [0.1, 0.15) is 46.0 Å². The smallest absolute Gasteiger partial charge is 0.748 e. The molecule has 15 heavy (non-hydrogen) atoms. The molecule has 0 spiro atoms. The molecule has 0 amide bonds. The molecule has 0 saturated heterocycles. The van der Waals surface area contributed by atoms with Gasteiger partial charge in [0.25, 0.3) is 0 Å². The molecule has 0 fully saturated rings. The molecular weight excluding hydrogens is 243 g/mol. The molecule has 0 rings (SSSR count). The molecule has 0 radical (unpaired) electrons. The van der Waals surface area contributed by atoms with E-state index in [-0.39, 0.29) is 57.5 Å². The van der Waals surface area contributed by atoms with Crippen LogP contribution < -0.4 is 51.4 Å². The second kappa shape index (κ2) is 9.53. The van der Waals surface area contributed by atoms with Gasteiger partial charge in [-0.3, -0.25) is 0 Å². The zero-order valence-electron chi connectivity index (χ0n) is 9.77. The number of aliphatic hydroxyl groups excluding tert-OH is 1. The molecule has 0 saturated carbocycles. The van der Waals surface area contributed by atoms with E-state index in [9.17, 15) is 13.0 Å². The first-order chi connectivity index (χ1) is 6.34. The third kappa shape index (κ3) is 11.8. The van der Waals surface area contributed by atoms with Gasteiger partial charge in [0.1, 0.15) is 0 Å². The molecule has 1 N–H and O–H groups in total. The van der Waals surface area contributed by atoms with Crippen molar-refractivity contribution < 1.29 is 69.5 Å². The number of hydrogen-bond donors (Lipinski definition) is 1. The van der Waals surface area contributed by atoms with Gasteiger partial charge in [-0.15, -0.1) is 0 Å². The van der Waals surface area contributed by atoms with E-state index in [1.165, 1.54) is 6.92 Å². The molecule has 6 heteroatoms. The molecule has 4 nitrogen and oxygen atoms in total. The Balaban J connectivity index is 0. The Kier molecular flexibility index (Phi) is 12.0. The molecule has 0 aliphatic heterocycles. The Morgan fingerprint density at radius 2 is 1.60 bits per heavy atom. The topological polar surface area (TPSA) is 77.4 Å². The van der Waals surface area contributed by atoms with Crippen molar-refractivity contribution in [2.75, 3.05) is 0 Å². The first kappa shape index (κ1) is 18.9. The van der Waals surface area contributed by atoms with Gasteiger partial charge in [-0.1, -0.05) is 19.3 Å². The monoisotopic (exact) mass is 262 g/mol. The predicted molar refractivity (Wildman–Crippen MR) is 53.9 cm³/mol. The average molecular weight is 262 g/mol. The van der Waals surface area contributed by atoms with Gasteiger partial charge < -0.3 is 9.66 Å². The Labute approximate surface area is 135 Å². The SMILES string of the molecule is CC(O)CCCCCC(C)S(=O)(=O)[O-].[K+]. The maximum absolute atomic E-state index is 10.5. The molecule has 2 unspecified atom stereocenters. The van der Waals surface area contributed by atoms with Crippen molar-refractivity contribution in [3.8, 4) is 0 Å². The number of rotatable bonds is 7. The summed E-state index contributed by atoms with van der Waals surface area (Å²) in [4.78, 5) is 0. The van der Waals surface area contributed by atoms with Gasteiger partial charge in [0.15, 0.2) is 0 Å². The van der Waals surface area contributed by atoms with E-state index in [4.69, 9.17) is 5.11 Å². The fourth-order valence-corrected chi connectivity index (χ4v) is 1.65. The summed E-state index contributed by atoms with van der Waals surface area (Å²) in [6.45, 7) is 3.17. The minimum absolute atomic E-state index is 0. The molecule has 0 bridgehead atoms. The molecular formula is C9H19KO4S. The maximum atomic E-state index is 10.5. The fourth-order valence-electron chi connectivity index (χ4n) is 1.19. The van der Waals surface area contributed by atoms with Crippen LogP contribution >= 0.6 is 0 Å². The number of hydrogen-bond acceptors (Lipinski definition) is 4. The maximum Gasteiger partial charge on any atom is 1.00 e. The minimum atomic E-state index is -4.11. The summed E-state index contributed by atoms with van der Waals surface area (Å²) in [5.41, 5.74) is 0. The summed E-state index contributed by atoms with van der Waals surface area (Å²) in [6.07, 6.45) is 3.34. The summed E-state index contributed by atoms with van der Waals surface area (Å²) in [5, 5.41) is 8.16. The zero-order valence-corrected chi connectivity index (χ0v) is 13.7. The van der Waals surface area contributed by atoms with Crippen LogP contribution in [0.15, 0.2) is 0 Å². The Morgan fingerprint density at radius 3 is 2.00 bits per heavy atom. The van der Waals surface area contributed by atoms with Gasteiger partial charge in [-0.05, 0) is 26.7 Å². The second-order valence-electron chi connectivity index (χ2n) is 3.79. The van der Waals surface area contributed by atoms with Crippen LogP contribution in [0.3, 0.4) is 0 Å². The summed E-state index contributed by atoms with van der Waals surface area (Å²) < 4.78 is 31.5. The molecule has 0 heterocycles.